The highest BCUT2D eigenvalue weighted by Gasteiger charge is 2.34. The molecule has 9 heteroatoms. The number of hydrogen-bond donors (Lipinski definition) is 1. The van der Waals surface area contributed by atoms with Crippen LogP contribution in [-0.4, -0.2) is 24.6 Å². The van der Waals surface area contributed by atoms with E-state index >= 15 is 0 Å². The Kier molecular flexibility index (Phi) is 6.22. The number of carbonyl (C=O) groups is 3. The molecule has 0 spiro atoms. The Morgan fingerprint density at radius 1 is 1.11 bits per heavy atom. The molecule has 0 heterocycles. The Morgan fingerprint density at radius 3 is 2.44 bits per heavy atom. The number of carbonyl (C=O) groups excluding carboxylic acids is 3. The molecule has 142 valence electrons. The third kappa shape index (κ3) is 5.30. The van der Waals surface area contributed by atoms with Gasteiger partial charge >= 0.3 is 6.18 Å². The molecule has 0 radical (unpaired) electrons. The summed E-state index contributed by atoms with van der Waals surface area (Å²) in [5.74, 6) is -2.82. The van der Waals surface area contributed by atoms with Crippen LogP contribution < -0.4 is 10.1 Å². The van der Waals surface area contributed by atoms with Gasteiger partial charge in [0.25, 0.3) is 5.91 Å². The molecular formula is C18H13ClF3NO4. The Hall–Kier alpha value is -2.87. The summed E-state index contributed by atoms with van der Waals surface area (Å²) in [5.41, 5.74) is -1.69. The van der Waals surface area contributed by atoms with Crippen LogP contribution in [0, 0.1) is 0 Å². The van der Waals surface area contributed by atoms with Gasteiger partial charge in [-0.1, -0.05) is 23.7 Å². The van der Waals surface area contributed by atoms with Gasteiger partial charge in [0, 0.05) is 10.6 Å². The lowest BCUT2D eigenvalue weighted by molar-refractivity contribution is -0.137. The second-order valence-electron chi connectivity index (χ2n) is 5.40. The van der Waals surface area contributed by atoms with E-state index in [1.54, 1.807) is 6.07 Å². The summed E-state index contributed by atoms with van der Waals surface area (Å²) in [6.07, 6.45) is -5.56. The van der Waals surface area contributed by atoms with E-state index in [4.69, 9.17) is 16.3 Å². The van der Waals surface area contributed by atoms with Crippen molar-refractivity contribution in [3.8, 4) is 5.75 Å². The standard InChI is InChI=1S/C18H13ClF3NO4/c1-27-12-4-2-3-10(7-12)15(24)9-16(25)17(26)23-14-8-11(19)5-6-13(14)18(20,21)22/h2-8H,9H2,1H3,(H,23,26). The van der Waals surface area contributed by atoms with Gasteiger partial charge in [0.05, 0.1) is 24.8 Å². The highest BCUT2D eigenvalue weighted by molar-refractivity contribution is 6.44. The number of ether oxygens (including phenoxy) is 1. The molecule has 0 aromatic heterocycles. The normalized spacial score (nSPS) is 11.0. The maximum Gasteiger partial charge on any atom is 0.418 e. The van der Waals surface area contributed by atoms with Crippen LogP contribution in [0.3, 0.4) is 0 Å². The summed E-state index contributed by atoms with van der Waals surface area (Å²) in [5, 5.41) is 1.81. The third-order valence-electron chi connectivity index (χ3n) is 3.50. The first-order valence-electron chi connectivity index (χ1n) is 7.50. The first-order valence-corrected chi connectivity index (χ1v) is 7.88. The van der Waals surface area contributed by atoms with E-state index in [0.717, 1.165) is 12.1 Å². The predicted octanol–water partition coefficient (Wildman–Crippen LogP) is 4.15. The molecule has 0 atom stereocenters. The lowest BCUT2D eigenvalue weighted by Crippen LogP contribution is -2.26. The number of anilines is 1. The molecule has 0 fully saturated rings. The summed E-state index contributed by atoms with van der Waals surface area (Å²) < 4.78 is 43.9. The highest BCUT2D eigenvalue weighted by atomic mass is 35.5. The van der Waals surface area contributed by atoms with E-state index in [1.807, 2.05) is 5.32 Å². The number of benzene rings is 2. The topological polar surface area (TPSA) is 72.5 Å². The van der Waals surface area contributed by atoms with Crippen LogP contribution >= 0.6 is 11.6 Å². The van der Waals surface area contributed by atoms with Gasteiger partial charge in [-0.05, 0) is 30.3 Å². The lowest BCUT2D eigenvalue weighted by atomic mass is 10.1. The van der Waals surface area contributed by atoms with Crippen LogP contribution in [0.4, 0.5) is 18.9 Å². The summed E-state index contributed by atoms with van der Waals surface area (Å²) in [7, 11) is 1.39. The molecule has 27 heavy (non-hydrogen) atoms. The van der Waals surface area contributed by atoms with Crippen molar-refractivity contribution in [2.75, 3.05) is 12.4 Å². The molecule has 2 rings (SSSR count). The zero-order valence-corrected chi connectivity index (χ0v) is 14.6. The zero-order chi connectivity index (χ0) is 20.2. The maximum absolute atomic E-state index is 13.0. The van der Waals surface area contributed by atoms with E-state index in [2.05, 4.69) is 0 Å². The van der Waals surface area contributed by atoms with Crippen molar-refractivity contribution in [2.24, 2.45) is 0 Å². The van der Waals surface area contributed by atoms with Crippen LogP contribution in [0.25, 0.3) is 0 Å². The minimum Gasteiger partial charge on any atom is -0.497 e. The Labute approximate surface area is 157 Å². The van der Waals surface area contributed by atoms with Gasteiger partial charge in [0.15, 0.2) is 5.78 Å². The Balaban J connectivity index is 2.13. The second-order valence-corrected chi connectivity index (χ2v) is 5.83. The minimum atomic E-state index is -4.76. The molecular weight excluding hydrogens is 387 g/mol. The quantitative estimate of drug-likeness (QED) is 0.450. The number of amides is 1. The van der Waals surface area contributed by atoms with E-state index in [-0.39, 0.29) is 10.6 Å². The minimum absolute atomic E-state index is 0.0572. The fraction of sp³-hybridized carbons (Fsp3) is 0.167. The molecule has 0 saturated heterocycles. The average Bonchev–Trinajstić information content (AvgIpc) is 2.60. The van der Waals surface area contributed by atoms with Crippen molar-refractivity contribution in [1.82, 2.24) is 0 Å². The summed E-state index contributed by atoms with van der Waals surface area (Å²) in [6.45, 7) is 0. The van der Waals surface area contributed by atoms with Crippen molar-refractivity contribution in [3.05, 3.63) is 58.6 Å². The molecule has 0 bridgehead atoms. The number of ketones is 2. The number of nitrogens with one attached hydrogen (secondary N) is 1. The first kappa shape index (κ1) is 20.4. The fourth-order valence-corrected chi connectivity index (χ4v) is 2.36. The van der Waals surface area contributed by atoms with E-state index in [0.29, 0.717) is 11.8 Å². The average molecular weight is 400 g/mol. The van der Waals surface area contributed by atoms with E-state index in [1.165, 1.54) is 25.3 Å². The van der Waals surface area contributed by atoms with Gasteiger partial charge < -0.3 is 10.1 Å². The zero-order valence-electron chi connectivity index (χ0n) is 13.9. The predicted molar refractivity (Wildman–Crippen MR) is 92.0 cm³/mol. The van der Waals surface area contributed by atoms with Crippen LogP contribution in [0.1, 0.15) is 22.3 Å². The van der Waals surface area contributed by atoms with Gasteiger partial charge in [-0.3, -0.25) is 14.4 Å². The molecule has 0 aliphatic rings. The number of Topliss-reactive ketones (excluding diaryl/α,β-unsaturated/α-hetero) is 2. The third-order valence-corrected chi connectivity index (χ3v) is 3.74. The molecule has 0 unspecified atom stereocenters. The number of rotatable bonds is 6. The SMILES string of the molecule is COc1cccc(C(=O)CC(=O)C(=O)Nc2cc(Cl)ccc2C(F)(F)F)c1. The van der Waals surface area contributed by atoms with Crippen molar-refractivity contribution >= 4 is 34.8 Å². The largest absolute Gasteiger partial charge is 0.497 e. The van der Waals surface area contributed by atoms with Crippen molar-refractivity contribution in [3.63, 3.8) is 0 Å². The molecule has 2 aromatic carbocycles. The molecule has 2 aromatic rings. The van der Waals surface area contributed by atoms with E-state index in [9.17, 15) is 27.6 Å². The highest BCUT2D eigenvalue weighted by Crippen LogP contribution is 2.36. The summed E-state index contributed by atoms with van der Waals surface area (Å²) >= 11 is 5.65. The monoisotopic (exact) mass is 399 g/mol. The van der Waals surface area contributed by atoms with Crippen molar-refractivity contribution < 1.29 is 32.3 Å². The van der Waals surface area contributed by atoms with Crippen LogP contribution in [0.15, 0.2) is 42.5 Å². The van der Waals surface area contributed by atoms with Crippen LogP contribution in [-0.2, 0) is 15.8 Å². The molecule has 0 aliphatic heterocycles. The van der Waals surface area contributed by atoms with Gasteiger partial charge in [-0.15, -0.1) is 0 Å². The van der Waals surface area contributed by atoms with Crippen LogP contribution in [0.2, 0.25) is 5.02 Å². The maximum atomic E-state index is 13.0. The number of methoxy groups -OCH3 is 1. The molecule has 1 N–H and O–H groups in total. The van der Waals surface area contributed by atoms with Gasteiger partial charge in [-0.25, -0.2) is 0 Å². The number of alkyl halides is 3. The molecule has 1 amide bonds. The van der Waals surface area contributed by atoms with E-state index < -0.39 is 41.3 Å². The van der Waals surface area contributed by atoms with Gasteiger partial charge in [0.1, 0.15) is 5.75 Å². The number of halogens is 4. The smallest absolute Gasteiger partial charge is 0.418 e. The summed E-state index contributed by atoms with van der Waals surface area (Å²) in [4.78, 5) is 36.0. The molecule has 5 nitrogen and oxygen atoms in total. The molecule has 0 saturated carbocycles. The van der Waals surface area contributed by atoms with Crippen molar-refractivity contribution in [1.29, 1.82) is 0 Å². The number of hydrogen-bond acceptors (Lipinski definition) is 4. The fourth-order valence-electron chi connectivity index (χ4n) is 2.18. The second kappa shape index (κ2) is 8.22. The Morgan fingerprint density at radius 2 is 1.81 bits per heavy atom. The van der Waals surface area contributed by atoms with Crippen molar-refractivity contribution in [2.45, 2.75) is 12.6 Å². The van der Waals surface area contributed by atoms with Crippen LogP contribution in [0.5, 0.6) is 5.75 Å². The lowest BCUT2D eigenvalue weighted by Gasteiger charge is -2.13. The first-order chi connectivity index (χ1) is 12.6. The summed E-state index contributed by atoms with van der Waals surface area (Å²) in [6, 6.07) is 8.49. The van der Waals surface area contributed by atoms with Gasteiger partial charge in [0.2, 0.25) is 5.78 Å². The van der Waals surface area contributed by atoms with Gasteiger partial charge in [-0.2, -0.15) is 13.2 Å². The Bertz CT molecular complexity index is 896. The molecule has 0 aliphatic carbocycles.